The second kappa shape index (κ2) is 8.80. The number of benzene rings is 7. The van der Waals surface area contributed by atoms with Gasteiger partial charge >= 0.3 is 6.85 Å². The van der Waals surface area contributed by atoms with Crippen LogP contribution in [0.4, 0.5) is 11.4 Å². The van der Waals surface area contributed by atoms with Crippen molar-refractivity contribution in [3.05, 3.63) is 152 Å². The zero-order chi connectivity index (χ0) is 29.9. The highest BCUT2D eigenvalue weighted by Gasteiger charge is 2.43. The van der Waals surface area contributed by atoms with Gasteiger partial charge in [0.15, 0.2) is 0 Å². The average molecular weight is 584 g/mol. The summed E-state index contributed by atoms with van der Waals surface area (Å²) < 4.78 is 8.89. The Bertz CT molecular complexity index is 2720. The minimum Gasteiger partial charge on any atom is -0.456 e. The third kappa shape index (κ3) is 3.03. The Morgan fingerprint density at radius 3 is 2.02 bits per heavy atom. The molecule has 0 N–H and O–H groups in total. The van der Waals surface area contributed by atoms with Crippen molar-refractivity contribution in [1.82, 2.24) is 4.57 Å². The molecule has 0 amide bonds. The van der Waals surface area contributed by atoms with Gasteiger partial charge in [-0.05, 0) is 58.5 Å². The number of nitrogens with zero attached hydrogens (tertiary/aromatic N) is 2. The van der Waals surface area contributed by atoms with Crippen LogP contribution in [0.3, 0.4) is 0 Å². The summed E-state index contributed by atoms with van der Waals surface area (Å²) in [6.07, 6.45) is 0. The van der Waals surface area contributed by atoms with E-state index in [4.69, 9.17) is 4.42 Å². The second-order valence-electron chi connectivity index (χ2n) is 12.5. The molecule has 0 aliphatic carbocycles. The summed E-state index contributed by atoms with van der Waals surface area (Å²) in [5.41, 5.74) is 15.6. The van der Waals surface area contributed by atoms with Crippen LogP contribution in [0.1, 0.15) is 0 Å². The topological polar surface area (TPSA) is 21.3 Å². The zero-order valence-corrected chi connectivity index (χ0v) is 24.8. The van der Waals surface area contributed by atoms with Crippen LogP contribution in [0, 0.1) is 0 Å². The van der Waals surface area contributed by atoms with Crippen molar-refractivity contribution in [2.45, 2.75) is 0 Å². The zero-order valence-electron chi connectivity index (χ0n) is 24.8. The van der Waals surface area contributed by atoms with Crippen LogP contribution in [-0.4, -0.2) is 11.4 Å². The van der Waals surface area contributed by atoms with Crippen molar-refractivity contribution >= 4 is 72.9 Å². The molecule has 0 unspecified atom stereocenters. The van der Waals surface area contributed by atoms with E-state index in [-0.39, 0.29) is 6.85 Å². The quantitative estimate of drug-likeness (QED) is 0.179. The maximum atomic E-state index is 6.44. The monoisotopic (exact) mass is 584 g/mol. The fourth-order valence-electron chi connectivity index (χ4n) is 8.33. The summed E-state index contributed by atoms with van der Waals surface area (Å²) in [6.45, 7) is 0.0792. The van der Waals surface area contributed by atoms with Gasteiger partial charge in [0, 0.05) is 55.8 Å². The van der Waals surface area contributed by atoms with E-state index in [0.29, 0.717) is 0 Å². The molecule has 0 spiro atoms. The molecule has 11 rings (SSSR count). The van der Waals surface area contributed by atoms with Crippen molar-refractivity contribution < 1.29 is 4.42 Å². The number of anilines is 2. The first kappa shape index (κ1) is 24.3. The van der Waals surface area contributed by atoms with Crippen LogP contribution in [0.2, 0.25) is 0 Å². The molecule has 0 saturated carbocycles. The van der Waals surface area contributed by atoms with Gasteiger partial charge in [-0.15, -0.1) is 0 Å². The van der Waals surface area contributed by atoms with Gasteiger partial charge in [-0.25, -0.2) is 0 Å². The van der Waals surface area contributed by atoms with Crippen LogP contribution in [0.25, 0.3) is 71.7 Å². The standard InChI is InChI=1S/C42H25BN2O/c1-2-12-26(13-3-1)44-38-25-40-33(29-16-7-11-21-39(29)46-40)24-32(38)30-22-23-37-41(42(30)44)31-17-5-9-19-35(31)43-34-18-8-4-14-27(34)28-15-6-10-20-36(28)45(37)43/h1-25H. The Morgan fingerprint density at radius 2 is 1.15 bits per heavy atom. The highest BCUT2D eigenvalue weighted by molar-refractivity contribution is 6.92. The van der Waals surface area contributed by atoms with Crippen molar-refractivity contribution in [2.75, 3.05) is 4.81 Å². The Labute approximate surface area is 265 Å². The van der Waals surface area contributed by atoms with Crippen LogP contribution in [0.15, 0.2) is 156 Å². The summed E-state index contributed by atoms with van der Waals surface area (Å²) >= 11 is 0. The lowest BCUT2D eigenvalue weighted by Crippen LogP contribution is -2.59. The molecular formula is C42H25BN2O. The summed E-state index contributed by atoms with van der Waals surface area (Å²) in [7, 11) is 0. The molecule has 0 saturated heterocycles. The SMILES string of the molecule is c1ccc(-n2c3cc4oc5ccccc5c4cc3c3ccc4c(c32)-c2ccccc2B2c3ccccc3-c3ccccc3N24)cc1. The summed E-state index contributed by atoms with van der Waals surface area (Å²) in [4.78, 5) is 2.58. The number of hydrogen-bond donors (Lipinski definition) is 0. The summed E-state index contributed by atoms with van der Waals surface area (Å²) in [6, 6.07) is 55.2. The van der Waals surface area contributed by atoms with Crippen molar-refractivity contribution in [3.8, 4) is 27.9 Å². The van der Waals surface area contributed by atoms with E-state index in [2.05, 4.69) is 155 Å². The lowest BCUT2D eigenvalue weighted by Gasteiger charge is -2.43. The number of furan rings is 1. The number of fused-ring (bicyclic) bond motifs is 18. The minimum absolute atomic E-state index is 0.0792. The lowest BCUT2D eigenvalue weighted by atomic mass is 9.43. The Balaban J connectivity index is 1.32. The average Bonchev–Trinajstić information content (AvgIpc) is 3.65. The first-order valence-corrected chi connectivity index (χ1v) is 15.9. The van der Waals surface area contributed by atoms with Crippen LogP contribution in [-0.2, 0) is 0 Å². The predicted molar refractivity (Wildman–Crippen MR) is 193 cm³/mol. The minimum atomic E-state index is 0.0792. The highest BCUT2D eigenvalue weighted by atomic mass is 16.3. The van der Waals surface area contributed by atoms with E-state index in [1.807, 2.05) is 6.07 Å². The molecule has 0 fully saturated rings. The van der Waals surface area contributed by atoms with Crippen molar-refractivity contribution in [3.63, 3.8) is 0 Å². The molecule has 4 heteroatoms. The highest BCUT2D eigenvalue weighted by Crippen LogP contribution is 2.50. The molecule has 0 bridgehead atoms. The molecule has 2 aliphatic heterocycles. The van der Waals surface area contributed by atoms with Gasteiger partial charge in [0.1, 0.15) is 11.2 Å². The predicted octanol–water partition coefficient (Wildman–Crippen LogP) is 9.59. The van der Waals surface area contributed by atoms with E-state index in [1.165, 1.54) is 60.8 Å². The van der Waals surface area contributed by atoms with Crippen molar-refractivity contribution in [2.24, 2.45) is 0 Å². The van der Waals surface area contributed by atoms with E-state index >= 15 is 0 Å². The third-order valence-electron chi connectivity index (χ3n) is 10.2. The van der Waals surface area contributed by atoms with Gasteiger partial charge in [0.05, 0.1) is 11.0 Å². The maximum Gasteiger partial charge on any atom is 0.329 e. The van der Waals surface area contributed by atoms with Gasteiger partial charge in [0.2, 0.25) is 0 Å². The van der Waals surface area contributed by atoms with E-state index in [0.717, 1.165) is 33.1 Å². The summed E-state index contributed by atoms with van der Waals surface area (Å²) in [5, 5.41) is 4.76. The largest absolute Gasteiger partial charge is 0.456 e. The van der Waals surface area contributed by atoms with E-state index in [9.17, 15) is 0 Å². The Kier molecular flexibility index (Phi) is 4.66. The number of aromatic nitrogens is 1. The second-order valence-corrected chi connectivity index (χ2v) is 12.5. The van der Waals surface area contributed by atoms with Crippen LogP contribution >= 0.6 is 0 Å². The van der Waals surface area contributed by atoms with Gasteiger partial charge in [-0.1, -0.05) is 109 Å². The maximum absolute atomic E-state index is 6.44. The normalized spacial score (nSPS) is 13.1. The van der Waals surface area contributed by atoms with Gasteiger partial charge in [-0.2, -0.15) is 0 Å². The van der Waals surface area contributed by atoms with Crippen LogP contribution < -0.4 is 15.7 Å². The molecular weight excluding hydrogens is 559 g/mol. The molecule has 7 aromatic carbocycles. The van der Waals surface area contributed by atoms with E-state index in [1.54, 1.807) is 0 Å². The molecule has 212 valence electrons. The Morgan fingerprint density at radius 1 is 0.457 bits per heavy atom. The molecule has 2 aliphatic rings. The van der Waals surface area contributed by atoms with Gasteiger partial charge < -0.3 is 13.8 Å². The third-order valence-corrected chi connectivity index (χ3v) is 10.2. The lowest BCUT2D eigenvalue weighted by molar-refractivity contribution is 0.669. The molecule has 0 radical (unpaired) electrons. The molecule has 0 atom stereocenters. The first-order valence-electron chi connectivity index (χ1n) is 15.9. The fourth-order valence-corrected chi connectivity index (χ4v) is 8.33. The van der Waals surface area contributed by atoms with Crippen LogP contribution in [0.5, 0.6) is 0 Å². The number of rotatable bonds is 1. The molecule has 2 aromatic heterocycles. The van der Waals surface area contributed by atoms with Crippen molar-refractivity contribution in [1.29, 1.82) is 0 Å². The number of hydrogen-bond acceptors (Lipinski definition) is 2. The first-order chi connectivity index (χ1) is 22.8. The van der Waals surface area contributed by atoms with Gasteiger partial charge in [0.25, 0.3) is 0 Å². The molecule has 3 nitrogen and oxygen atoms in total. The molecule has 9 aromatic rings. The number of para-hydroxylation sites is 3. The smallest absolute Gasteiger partial charge is 0.329 e. The van der Waals surface area contributed by atoms with Gasteiger partial charge in [-0.3, -0.25) is 0 Å². The molecule has 46 heavy (non-hydrogen) atoms. The summed E-state index contributed by atoms with van der Waals surface area (Å²) in [5.74, 6) is 0. The Hall–Kier alpha value is -6.00. The van der Waals surface area contributed by atoms with E-state index < -0.39 is 0 Å². The fraction of sp³-hybridized carbons (Fsp3) is 0. The molecule has 4 heterocycles.